The third-order valence-corrected chi connectivity index (χ3v) is 2.61. The molecular weight excluding hydrogens is 188 g/mol. The first kappa shape index (κ1) is 10.3. The molecule has 0 aliphatic carbocycles. The molecule has 0 aromatic carbocycles. The summed E-state index contributed by atoms with van der Waals surface area (Å²) in [5.74, 6) is -0.653. The van der Waals surface area contributed by atoms with Gasteiger partial charge in [-0.1, -0.05) is 0 Å². The standard InChI is InChI=1S/C9H16O5/c1-9(2)13-7-5(3-10)12-6(4-11)8(7)14-9/h5-8,10-11H,3-4H2,1-2H3/t5-,6+,7+,8-. The first-order valence-corrected chi connectivity index (χ1v) is 4.80. The predicted molar refractivity (Wildman–Crippen MR) is 46.7 cm³/mol. The van der Waals surface area contributed by atoms with Crippen molar-refractivity contribution in [2.24, 2.45) is 0 Å². The van der Waals surface area contributed by atoms with Crippen molar-refractivity contribution in [3.63, 3.8) is 0 Å². The van der Waals surface area contributed by atoms with E-state index in [4.69, 9.17) is 24.4 Å². The van der Waals surface area contributed by atoms with Crippen LogP contribution in [0.15, 0.2) is 0 Å². The highest BCUT2D eigenvalue weighted by atomic mass is 16.8. The topological polar surface area (TPSA) is 68.2 Å². The van der Waals surface area contributed by atoms with Crippen molar-refractivity contribution in [2.75, 3.05) is 13.2 Å². The lowest BCUT2D eigenvalue weighted by molar-refractivity contribution is -0.193. The molecule has 2 rings (SSSR count). The largest absolute Gasteiger partial charge is 0.394 e. The number of hydrogen-bond donors (Lipinski definition) is 2. The maximum atomic E-state index is 9.05. The Morgan fingerprint density at radius 1 is 1.00 bits per heavy atom. The van der Waals surface area contributed by atoms with E-state index >= 15 is 0 Å². The van der Waals surface area contributed by atoms with Crippen LogP contribution in [0.3, 0.4) is 0 Å². The molecule has 2 N–H and O–H groups in total. The molecule has 0 aromatic rings. The fourth-order valence-electron chi connectivity index (χ4n) is 2.07. The quantitative estimate of drug-likeness (QED) is 0.620. The molecule has 82 valence electrons. The van der Waals surface area contributed by atoms with Crippen LogP contribution in [0.2, 0.25) is 0 Å². The van der Waals surface area contributed by atoms with E-state index in [0.29, 0.717) is 0 Å². The molecule has 2 aliphatic heterocycles. The number of aliphatic hydroxyl groups excluding tert-OH is 2. The molecular formula is C9H16O5. The lowest BCUT2D eigenvalue weighted by Gasteiger charge is -2.22. The smallest absolute Gasteiger partial charge is 0.164 e. The van der Waals surface area contributed by atoms with Crippen molar-refractivity contribution >= 4 is 0 Å². The van der Waals surface area contributed by atoms with E-state index in [1.165, 1.54) is 0 Å². The predicted octanol–water partition coefficient (Wildman–Crippen LogP) is -0.742. The van der Waals surface area contributed by atoms with Gasteiger partial charge in [-0.15, -0.1) is 0 Å². The molecule has 0 aromatic heterocycles. The Morgan fingerprint density at radius 3 is 1.79 bits per heavy atom. The Kier molecular flexibility index (Phi) is 2.53. The SMILES string of the molecule is CC1(C)O[C@@H]2[C@H](O1)[C@H](CO)O[C@@H]2CO. The van der Waals surface area contributed by atoms with E-state index in [9.17, 15) is 0 Å². The Balaban J connectivity index is 2.12. The van der Waals surface area contributed by atoms with E-state index in [-0.39, 0.29) is 37.6 Å². The van der Waals surface area contributed by atoms with Crippen LogP contribution in [0.1, 0.15) is 13.8 Å². The van der Waals surface area contributed by atoms with Gasteiger partial charge < -0.3 is 24.4 Å². The summed E-state index contributed by atoms with van der Waals surface area (Å²) >= 11 is 0. The van der Waals surface area contributed by atoms with Gasteiger partial charge in [-0.2, -0.15) is 0 Å². The molecule has 5 heteroatoms. The highest BCUT2D eigenvalue weighted by molar-refractivity contribution is 4.97. The van der Waals surface area contributed by atoms with Crippen LogP contribution in [-0.4, -0.2) is 53.6 Å². The average Bonchev–Trinajstić information content (AvgIpc) is 2.57. The van der Waals surface area contributed by atoms with Crippen molar-refractivity contribution in [2.45, 2.75) is 44.1 Å². The zero-order valence-electron chi connectivity index (χ0n) is 8.34. The molecule has 0 radical (unpaired) electrons. The zero-order valence-corrected chi connectivity index (χ0v) is 8.34. The Bertz CT molecular complexity index is 197. The molecule has 4 atom stereocenters. The monoisotopic (exact) mass is 204 g/mol. The van der Waals surface area contributed by atoms with Gasteiger partial charge >= 0.3 is 0 Å². The average molecular weight is 204 g/mol. The maximum Gasteiger partial charge on any atom is 0.164 e. The Hall–Kier alpha value is -0.200. The van der Waals surface area contributed by atoms with Crippen LogP contribution in [0.4, 0.5) is 0 Å². The van der Waals surface area contributed by atoms with Gasteiger partial charge in [0.15, 0.2) is 5.79 Å². The van der Waals surface area contributed by atoms with Crippen LogP contribution in [-0.2, 0) is 14.2 Å². The lowest BCUT2D eigenvalue weighted by atomic mass is 10.1. The van der Waals surface area contributed by atoms with Gasteiger partial charge in [0.25, 0.3) is 0 Å². The van der Waals surface area contributed by atoms with Gasteiger partial charge in [0, 0.05) is 0 Å². The summed E-state index contributed by atoms with van der Waals surface area (Å²) in [6, 6.07) is 0. The summed E-state index contributed by atoms with van der Waals surface area (Å²) in [4.78, 5) is 0. The van der Waals surface area contributed by atoms with Crippen molar-refractivity contribution in [3.8, 4) is 0 Å². The molecule has 0 saturated carbocycles. The first-order chi connectivity index (χ1) is 6.57. The van der Waals surface area contributed by atoms with Gasteiger partial charge in [-0.25, -0.2) is 0 Å². The van der Waals surface area contributed by atoms with Gasteiger partial charge in [0.05, 0.1) is 13.2 Å². The van der Waals surface area contributed by atoms with E-state index in [0.717, 1.165) is 0 Å². The van der Waals surface area contributed by atoms with Crippen LogP contribution >= 0.6 is 0 Å². The summed E-state index contributed by atoms with van der Waals surface area (Å²) in [6.07, 6.45) is -1.32. The van der Waals surface area contributed by atoms with Crippen LogP contribution in [0, 0.1) is 0 Å². The van der Waals surface area contributed by atoms with E-state index in [2.05, 4.69) is 0 Å². The van der Waals surface area contributed by atoms with Crippen LogP contribution in [0.25, 0.3) is 0 Å². The molecule has 14 heavy (non-hydrogen) atoms. The van der Waals surface area contributed by atoms with Crippen molar-refractivity contribution in [1.29, 1.82) is 0 Å². The third-order valence-electron chi connectivity index (χ3n) is 2.61. The number of rotatable bonds is 2. The summed E-state index contributed by atoms with van der Waals surface area (Å²) in [5, 5.41) is 18.1. The normalized spacial score (nSPS) is 45.4. The summed E-state index contributed by atoms with van der Waals surface area (Å²) in [6.45, 7) is 3.40. The molecule has 2 heterocycles. The minimum Gasteiger partial charge on any atom is -0.394 e. The second kappa shape index (κ2) is 3.43. The van der Waals surface area contributed by atoms with Crippen molar-refractivity contribution in [1.82, 2.24) is 0 Å². The fourth-order valence-corrected chi connectivity index (χ4v) is 2.07. The summed E-state index contributed by atoms with van der Waals surface area (Å²) < 4.78 is 16.5. The maximum absolute atomic E-state index is 9.05. The fraction of sp³-hybridized carbons (Fsp3) is 1.00. The van der Waals surface area contributed by atoms with E-state index < -0.39 is 5.79 Å². The lowest BCUT2D eigenvalue weighted by Crippen LogP contribution is -2.32. The molecule has 0 bridgehead atoms. The number of aliphatic hydroxyl groups is 2. The second-order valence-electron chi connectivity index (χ2n) is 4.14. The molecule has 0 amide bonds. The van der Waals surface area contributed by atoms with Gasteiger partial charge in [-0.3, -0.25) is 0 Å². The van der Waals surface area contributed by atoms with Crippen LogP contribution in [0.5, 0.6) is 0 Å². The Labute approximate surface area is 82.6 Å². The van der Waals surface area contributed by atoms with Crippen LogP contribution < -0.4 is 0 Å². The number of ether oxygens (including phenoxy) is 3. The second-order valence-corrected chi connectivity index (χ2v) is 4.14. The Morgan fingerprint density at radius 2 is 1.43 bits per heavy atom. The van der Waals surface area contributed by atoms with Gasteiger partial charge in [-0.05, 0) is 13.8 Å². The van der Waals surface area contributed by atoms with E-state index in [1.807, 2.05) is 13.8 Å². The van der Waals surface area contributed by atoms with Gasteiger partial charge in [0.2, 0.25) is 0 Å². The minimum atomic E-state index is -0.653. The first-order valence-electron chi connectivity index (χ1n) is 4.80. The summed E-state index contributed by atoms with van der Waals surface area (Å²) in [7, 11) is 0. The molecule has 0 spiro atoms. The molecule has 2 aliphatic rings. The minimum absolute atomic E-state index is 0.114. The van der Waals surface area contributed by atoms with Gasteiger partial charge in [0.1, 0.15) is 24.4 Å². The molecule has 0 unspecified atom stereocenters. The molecule has 5 nitrogen and oxygen atoms in total. The zero-order chi connectivity index (χ0) is 10.3. The number of fused-ring (bicyclic) bond motifs is 1. The van der Waals surface area contributed by atoms with Crippen molar-refractivity contribution < 1.29 is 24.4 Å². The highest BCUT2D eigenvalue weighted by Gasteiger charge is 2.54. The number of hydrogen-bond acceptors (Lipinski definition) is 5. The molecule has 2 fully saturated rings. The third kappa shape index (κ3) is 1.55. The van der Waals surface area contributed by atoms with E-state index in [1.54, 1.807) is 0 Å². The molecule has 2 saturated heterocycles. The summed E-state index contributed by atoms with van der Waals surface area (Å²) in [5.41, 5.74) is 0. The highest BCUT2D eigenvalue weighted by Crippen LogP contribution is 2.38. The van der Waals surface area contributed by atoms with Crippen molar-refractivity contribution in [3.05, 3.63) is 0 Å².